The summed E-state index contributed by atoms with van der Waals surface area (Å²) >= 11 is 0. The molecule has 0 amide bonds. The third-order valence-electron chi connectivity index (χ3n) is 8.29. The summed E-state index contributed by atoms with van der Waals surface area (Å²) in [5.41, 5.74) is 2.04. The number of esters is 3. The van der Waals surface area contributed by atoms with Gasteiger partial charge in [-0.3, -0.25) is 14.4 Å². The molecule has 3 fully saturated rings. The highest BCUT2D eigenvalue weighted by Crippen LogP contribution is 2.32. The first-order valence-electron chi connectivity index (χ1n) is 14.4. The summed E-state index contributed by atoms with van der Waals surface area (Å²) in [6.45, 7) is 0. The Labute approximate surface area is 225 Å². The van der Waals surface area contributed by atoms with Crippen molar-refractivity contribution in [1.29, 1.82) is 0 Å². The molecule has 0 unspecified atom stereocenters. The highest BCUT2D eigenvalue weighted by Gasteiger charge is 2.27. The maximum absolute atomic E-state index is 12.7. The predicted molar refractivity (Wildman–Crippen MR) is 143 cm³/mol. The van der Waals surface area contributed by atoms with E-state index >= 15 is 0 Å². The first kappa shape index (κ1) is 26.5. The molecular weight excluding hydrogens is 480 g/mol. The van der Waals surface area contributed by atoms with E-state index in [0.717, 1.165) is 94.6 Å². The van der Waals surface area contributed by atoms with E-state index in [1.807, 2.05) is 36.4 Å². The number of carbonyl (C=O) groups excluding carboxylic acids is 3. The van der Waals surface area contributed by atoms with Gasteiger partial charge in [-0.2, -0.15) is 0 Å². The second-order valence-electron chi connectivity index (χ2n) is 11.2. The first-order chi connectivity index (χ1) is 18.5. The van der Waals surface area contributed by atoms with Gasteiger partial charge in [0.05, 0.1) is 17.8 Å². The molecule has 3 aliphatic carbocycles. The molecule has 3 aliphatic rings. The zero-order valence-corrected chi connectivity index (χ0v) is 22.1. The average molecular weight is 519 g/mol. The van der Waals surface area contributed by atoms with Crippen molar-refractivity contribution in [2.45, 2.75) is 89.9 Å². The van der Waals surface area contributed by atoms with Crippen molar-refractivity contribution in [2.24, 2.45) is 17.8 Å². The number of hydrogen-bond donors (Lipinski definition) is 0. The summed E-state index contributed by atoms with van der Waals surface area (Å²) in [6.07, 6.45) is 13.2. The highest BCUT2D eigenvalue weighted by molar-refractivity contribution is 5.77. The summed E-state index contributed by atoms with van der Waals surface area (Å²) in [4.78, 5) is 37.7. The molecule has 6 heteroatoms. The fourth-order valence-corrected chi connectivity index (χ4v) is 5.99. The minimum absolute atomic E-state index is 0.0293. The topological polar surface area (TPSA) is 78.9 Å². The molecule has 5 rings (SSSR count). The molecule has 0 radical (unpaired) electrons. The van der Waals surface area contributed by atoms with Crippen molar-refractivity contribution in [3.8, 4) is 17.2 Å². The maximum Gasteiger partial charge on any atom is 0.314 e. The van der Waals surface area contributed by atoms with Crippen molar-refractivity contribution in [3.05, 3.63) is 53.6 Å². The molecule has 2 aromatic carbocycles. The Kier molecular flexibility index (Phi) is 8.77. The Morgan fingerprint density at radius 1 is 0.500 bits per heavy atom. The number of aryl methyl sites for hydroxylation is 2. The summed E-state index contributed by atoms with van der Waals surface area (Å²) < 4.78 is 17.1. The van der Waals surface area contributed by atoms with E-state index in [2.05, 4.69) is 0 Å². The van der Waals surface area contributed by atoms with Gasteiger partial charge in [0.15, 0.2) is 0 Å². The van der Waals surface area contributed by atoms with Gasteiger partial charge in [0.2, 0.25) is 0 Å². The third kappa shape index (κ3) is 7.03. The molecule has 0 bridgehead atoms. The van der Waals surface area contributed by atoms with E-state index in [1.54, 1.807) is 6.07 Å². The molecule has 3 saturated carbocycles. The van der Waals surface area contributed by atoms with Crippen molar-refractivity contribution < 1.29 is 28.6 Å². The van der Waals surface area contributed by atoms with Crippen molar-refractivity contribution in [3.63, 3.8) is 0 Å². The fraction of sp³-hybridized carbons (Fsp3) is 0.531. The molecule has 0 aliphatic heterocycles. The standard InChI is InChI=1S/C32H38O6/c33-30(24-7-1-2-8-24)36-27-17-15-22(16-18-27)13-14-23-19-28(37-31(34)25-9-3-4-10-25)21-29(20-23)38-32(35)26-11-5-6-12-26/h15-21,24-26H,1-14H2. The van der Waals surface area contributed by atoms with Gasteiger partial charge in [0.1, 0.15) is 17.2 Å². The largest absolute Gasteiger partial charge is 0.426 e. The van der Waals surface area contributed by atoms with Crippen molar-refractivity contribution >= 4 is 17.9 Å². The number of ether oxygens (including phenoxy) is 3. The van der Waals surface area contributed by atoms with Gasteiger partial charge in [0, 0.05) is 6.07 Å². The van der Waals surface area contributed by atoms with E-state index in [1.165, 1.54) is 0 Å². The van der Waals surface area contributed by atoms with Gasteiger partial charge in [0.25, 0.3) is 0 Å². The normalized spacial score (nSPS) is 18.5. The van der Waals surface area contributed by atoms with Crippen LogP contribution in [0.3, 0.4) is 0 Å². The van der Waals surface area contributed by atoms with Gasteiger partial charge in [-0.15, -0.1) is 0 Å². The summed E-state index contributed by atoms with van der Waals surface area (Å²) in [5, 5.41) is 0. The highest BCUT2D eigenvalue weighted by atomic mass is 16.5. The molecule has 0 heterocycles. The number of carbonyl (C=O) groups is 3. The van der Waals surface area contributed by atoms with Crippen LogP contribution in [-0.4, -0.2) is 17.9 Å². The quantitative estimate of drug-likeness (QED) is 0.270. The zero-order valence-electron chi connectivity index (χ0n) is 22.1. The van der Waals surface area contributed by atoms with Gasteiger partial charge < -0.3 is 14.2 Å². The number of rotatable bonds is 9. The van der Waals surface area contributed by atoms with Crippen LogP contribution in [0.4, 0.5) is 0 Å². The Hall–Kier alpha value is -3.15. The van der Waals surface area contributed by atoms with Crippen LogP contribution in [0.5, 0.6) is 17.2 Å². The van der Waals surface area contributed by atoms with E-state index in [0.29, 0.717) is 23.7 Å². The number of benzene rings is 2. The smallest absolute Gasteiger partial charge is 0.314 e. The molecule has 0 saturated heterocycles. The zero-order chi connectivity index (χ0) is 26.3. The fourth-order valence-electron chi connectivity index (χ4n) is 5.99. The molecular formula is C32H38O6. The average Bonchev–Trinajstić information content (AvgIpc) is 3.72. The van der Waals surface area contributed by atoms with Crippen molar-refractivity contribution in [2.75, 3.05) is 0 Å². The molecule has 0 spiro atoms. The minimum Gasteiger partial charge on any atom is -0.426 e. The summed E-state index contributed by atoms with van der Waals surface area (Å²) in [5.74, 6) is 0.846. The lowest BCUT2D eigenvalue weighted by Crippen LogP contribution is -2.19. The van der Waals surface area contributed by atoms with Gasteiger partial charge >= 0.3 is 17.9 Å². The van der Waals surface area contributed by atoms with Gasteiger partial charge in [-0.1, -0.05) is 50.7 Å². The Balaban J connectivity index is 1.23. The summed E-state index contributed by atoms with van der Waals surface area (Å²) in [6, 6.07) is 13.0. The lowest BCUT2D eigenvalue weighted by atomic mass is 10.0. The Bertz CT molecular complexity index is 1070. The number of hydrogen-bond acceptors (Lipinski definition) is 6. The third-order valence-corrected chi connectivity index (χ3v) is 8.29. The van der Waals surface area contributed by atoms with Crippen LogP contribution < -0.4 is 14.2 Å². The van der Waals surface area contributed by atoms with E-state index in [-0.39, 0.29) is 35.7 Å². The second kappa shape index (κ2) is 12.6. The molecule has 0 aromatic heterocycles. The summed E-state index contributed by atoms with van der Waals surface area (Å²) in [7, 11) is 0. The van der Waals surface area contributed by atoms with Crippen LogP contribution in [0.1, 0.15) is 88.2 Å². The molecule has 202 valence electrons. The Morgan fingerprint density at radius 3 is 1.29 bits per heavy atom. The predicted octanol–water partition coefficient (Wildman–Crippen LogP) is 6.76. The lowest BCUT2D eigenvalue weighted by molar-refractivity contribution is -0.139. The molecule has 0 N–H and O–H groups in total. The van der Waals surface area contributed by atoms with Crippen LogP contribution >= 0.6 is 0 Å². The first-order valence-corrected chi connectivity index (χ1v) is 14.4. The van der Waals surface area contributed by atoms with Crippen LogP contribution in [-0.2, 0) is 27.2 Å². The van der Waals surface area contributed by atoms with E-state index < -0.39 is 0 Å². The van der Waals surface area contributed by atoms with E-state index in [4.69, 9.17) is 14.2 Å². The minimum atomic E-state index is -0.199. The maximum atomic E-state index is 12.7. The molecule has 2 aromatic rings. The monoisotopic (exact) mass is 518 g/mol. The van der Waals surface area contributed by atoms with E-state index in [9.17, 15) is 14.4 Å². The van der Waals surface area contributed by atoms with Gasteiger partial charge in [-0.05, 0) is 86.8 Å². The van der Waals surface area contributed by atoms with Crippen LogP contribution in [0, 0.1) is 17.8 Å². The van der Waals surface area contributed by atoms with Crippen molar-refractivity contribution in [1.82, 2.24) is 0 Å². The van der Waals surface area contributed by atoms with Crippen LogP contribution in [0.2, 0.25) is 0 Å². The lowest BCUT2D eigenvalue weighted by Gasteiger charge is -2.14. The van der Waals surface area contributed by atoms with Gasteiger partial charge in [-0.25, -0.2) is 0 Å². The molecule has 0 atom stereocenters. The van der Waals surface area contributed by atoms with Crippen LogP contribution in [0.15, 0.2) is 42.5 Å². The SMILES string of the molecule is O=C(Oc1ccc(CCc2cc(OC(=O)C3CCCC3)cc(OC(=O)C3CCCC3)c2)cc1)C1CCCC1. The van der Waals surface area contributed by atoms with Crippen LogP contribution in [0.25, 0.3) is 0 Å². The molecule has 6 nitrogen and oxygen atoms in total. The molecule has 38 heavy (non-hydrogen) atoms. The second-order valence-corrected chi connectivity index (χ2v) is 11.2. The Morgan fingerprint density at radius 2 is 0.868 bits per heavy atom.